The van der Waals surface area contributed by atoms with Gasteiger partial charge >= 0.3 is 0 Å². The average molecular weight is 455 g/mol. The largest absolute Gasteiger partial charge is 0.372 e. The van der Waals surface area contributed by atoms with Gasteiger partial charge in [-0.25, -0.2) is 0 Å². The van der Waals surface area contributed by atoms with E-state index in [0.29, 0.717) is 12.1 Å². The minimum absolute atomic E-state index is 0.114. The van der Waals surface area contributed by atoms with Crippen molar-refractivity contribution >= 4 is 33.2 Å². The number of anilines is 2. The Morgan fingerprint density at radius 2 is 1.79 bits per heavy atom. The molecule has 29 heavy (non-hydrogen) atoms. The highest BCUT2D eigenvalue weighted by molar-refractivity contribution is 9.10. The Morgan fingerprint density at radius 3 is 2.38 bits per heavy atom. The van der Waals surface area contributed by atoms with Gasteiger partial charge in [0.1, 0.15) is 0 Å². The molecule has 6 heteroatoms. The van der Waals surface area contributed by atoms with Gasteiger partial charge in [-0.05, 0) is 85.6 Å². The lowest BCUT2D eigenvalue weighted by molar-refractivity contribution is 0.102. The molecule has 0 aliphatic carbocycles. The third-order valence-electron chi connectivity index (χ3n) is 5.07. The molecule has 0 bridgehead atoms. The standard InChI is InChI=1S/C23H27BrN4O/c1-5-27(6-2)21-12-10-20(11-13-21)25-23(29)19-9-7-8-18(14-19)15-28-17(4)22(24)16(3)26-28/h7-14H,5-6,15H2,1-4H3,(H,25,29). The second-order valence-electron chi connectivity index (χ2n) is 7.02. The lowest BCUT2D eigenvalue weighted by atomic mass is 10.1. The maximum Gasteiger partial charge on any atom is 0.255 e. The summed E-state index contributed by atoms with van der Waals surface area (Å²) >= 11 is 3.56. The van der Waals surface area contributed by atoms with Crippen molar-refractivity contribution < 1.29 is 4.79 Å². The van der Waals surface area contributed by atoms with E-state index < -0.39 is 0 Å². The van der Waals surface area contributed by atoms with Crippen molar-refractivity contribution in [2.45, 2.75) is 34.2 Å². The number of nitrogens with zero attached hydrogens (tertiary/aromatic N) is 3. The number of halogens is 1. The molecular weight excluding hydrogens is 428 g/mol. The second kappa shape index (κ2) is 9.27. The molecule has 2 aromatic carbocycles. The van der Waals surface area contributed by atoms with Crippen molar-refractivity contribution in [2.75, 3.05) is 23.3 Å². The summed E-state index contributed by atoms with van der Waals surface area (Å²) in [6.45, 7) is 10.8. The zero-order chi connectivity index (χ0) is 21.0. The predicted molar refractivity (Wildman–Crippen MR) is 123 cm³/mol. The first-order valence-corrected chi connectivity index (χ1v) is 10.7. The lowest BCUT2D eigenvalue weighted by Crippen LogP contribution is -2.21. The number of benzene rings is 2. The lowest BCUT2D eigenvalue weighted by Gasteiger charge is -2.21. The Balaban J connectivity index is 1.71. The number of amides is 1. The van der Waals surface area contributed by atoms with Gasteiger partial charge in [0.2, 0.25) is 0 Å². The van der Waals surface area contributed by atoms with Crippen molar-refractivity contribution in [3.63, 3.8) is 0 Å². The molecule has 0 fully saturated rings. The molecule has 3 aromatic rings. The van der Waals surface area contributed by atoms with Gasteiger partial charge in [0, 0.05) is 30.0 Å². The van der Waals surface area contributed by atoms with Gasteiger partial charge in [0.05, 0.1) is 22.4 Å². The van der Waals surface area contributed by atoms with Gasteiger partial charge in [0.25, 0.3) is 5.91 Å². The fraction of sp³-hybridized carbons (Fsp3) is 0.304. The number of aryl methyl sites for hydroxylation is 1. The van der Waals surface area contributed by atoms with Crippen LogP contribution < -0.4 is 10.2 Å². The van der Waals surface area contributed by atoms with E-state index in [4.69, 9.17) is 0 Å². The van der Waals surface area contributed by atoms with E-state index in [2.05, 4.69) is 45.1 Å². The predicted octanol–water partition coefficient (Wildman–Crippen LogP) is 5.41. The minimum atomic E-state index is -0.114. The van der Waals surface area contributed by atoms with Crippen LogP contribution in [0.25, 0.3) is 0 Å². The van der Waals surface area contributed by atoms with Crippen LogP contribution in [0.5, 0.6) is 0 Å². The minimum Gasteiger partial charge on any atom is -0.372 e. The molecule has 1 amide bonds. The third kappa shape index (κ3) is 4.88. The van der Waals surface area contributed by atoms with Crippen LogP contribution in [0.1, 0.15) is 41.2 Å². The van der Waals surface area contributed by atoms with Crippen LogP contribution in [-0.4, -0.2) is 28.8 Å². The molecule has 0 radical (unpaired) electrons. The maximum atomic E-state index is 12.7. The van der Waals surface area contributed by atoms with Crippen molar-refractivity contribution in [3.8, 4) is 0 Å². The summed E-state index contributed by atoms with van der Waals surface area (Å²) in [5.41, 5.74) is 5.66. The highest BCUT2D eigenvalue weighted by atomic mass is 79.9. The Hall–Kier alpha value is -2.60. The Kier molecular flexibility index (Phi) is 6.75. The van der Waals surface area contributed by atoms with Crippen molar-refractivity contribution in [1.29, 1.82) is 0 Å². The number of nitrogens with one attached hydrogen (secondary N) is 1. The van der Waals surface area contributed by atoms with E-state index >= 15 is 0 Å². The summed E-state index contributed by atoms with van der Waals surface area (Å²) in [4.78, 5) is 15.0. The van der Waals surface area contributed by atoms with E-state index in [-0.39, 0.29) is 5.91 Å². The van der Waals surface area contributed by atoms with Crippen LogP contribution >= 0.6 is 15.9 Å². The number of rotatable bonds is 7. The van der Waals surface area contributed by atoms with Crippen molar-refractivity contribution in [2.24, 2.45) is 0 Å². The zero-order valence-electron chi connectivity index (χ0n) is 17.4. The van der Waals surface area contributed by atoms with Gasteiger partial charge in [0.15, 0.2) is 0 Å². The molecule has 152 valence electrons. The van der Waals surface area contributed by atoms with Gasteiger partial charge in [-0.2, -0.15) is 5.10 Å². The number of carbonyl (C=O) groups excluding carboxylic acids is 1. The molecule has 0 aliphatic heterocycles. The summed E-state index contributed by atoms with van der Waals surface area (Å²) in [7, 11) is 0. The molecule has 1 N–H and O–H groups in total. The first kappa shape index (κ1) is 21.1. The zero-order valence-corrected chi connectivity index (χ0v) is 19.0. The monoisotopic (exact) mass is 454 g/mol. The molecule has 1 heterocycles. The van der Waals surface area contributed by atoms with Crippen LogP contribution in [0.3, 0.4) is 0 Å². The molecule has 0 unspecified atom stereocenters. The molecule has 0 atom stereocenters. The van der Waals surface area contributed by atoms with Gasteiger partial charge < -0.3 is 10.2 Å². The number of hydrogen-bond acceptors (Lipinski definition) is 3. The summed E-state index contributed by atoms with van der Waals surface area (Å²) in [6, 6.07) is 15.7. The quantitative estimate of drug-likeness (QED) is 0.519. The van der Waals surface area contributed by atoms with E-state index in [0.717, 1.165) is 45.9 Å². The van der Waals surface area contributed by atoms with Crippen LogP contribution in [0.4, 0.5) is 11.4 Å². The second-order valence-corrected chi connectivity index (χ2v) is 7.81. The molecule has 5 nitrogen and oxygen atoms in total. The van der Waals surface area contributed by atoms with Gasteiger partial charge in [-0.15, -0.1) is 0 Å². The van der Waals surface area contributed by atoms with Crippen LogP contribution in [-0.2, 0) is 6.54 Å². The van der Waals surface area contributed by atoms with Gasteiger partial charge in [-0.3, -0.25) is 9.48 Å². The normalized spacial score (nSPS) is 10.8. The highest BCUT2D eigenvalue weighted by Crippen LogP contribution is 2.21. The summed E-state index contributed by atoms with van der Waals surface area (Å²) < 4.78 is 2.97. The summed E-state index contributed by atoms with van der Waals surface area (Å²) in [6.07, 6.45) is 0. The fourth-order valence-electron chi connectivity index (χ4n) is 3.36. The number of aromatic nitrogens is 2. The average Bonchev–Trinajstić information content (AvgIpc) is 2.97. The Bertz CT molecular complexity index is 991. The number of hydrogen-bond donors (Lipinski definition) is 1. The number of carbonyl (C=O) groups is 1. The molecule has 0 spiro atoms. The highest BCUT2D eigenvalue weighted by Gasteiger charge is 2.11. The maximum absolute atomic E-state index is 12.7. The van der Waals surface area contributed by atoms with E-state index in [1.165, 1.54) is 0 Å². The van der Waals surface area contributed by atoms with Crippen molar-refractivity contribution in [1.82, 2.24) is 9.78 Å². The first-order chi connectivity index (χ1) is 13.9. The molecule has 1 aromatic heterocycles. The molecule has 3 rings (SSSR count). The van der Waals surface area contributed by atoms with E-state index in [1.54, 1.807) is 0 Å². The smallest absolute Gasteiger partial charge is 0.255 e. The van der Waals surface area contributed by atoms with Crippen LogP contribution in [0, 0.1) is 13.8 Å². The molecule has 0 aliphatic rings. The summed E-state index contributed by atoms with van der Waals surface area (Å²) in [5.74, 6) is -0.114. The van der Waals surface area contributed by atoms with Crippen LogP contribution in [0.15, 0.2) is 53.0 Å². The van der Waals surface area contributed by atoms with Gasteiger partial charge in [-0.1, -0.05) is 12.1 Å². The Labute approximate surface area is 180 Å². The topological polar surface area (TPSA) is 50.2 Å². The van der Waals surface area contributed by atoms with E-state index in [9.17, 15) is 4.79 Å². The fourth-order valence-corrected chi connectivity index (χ4v) is 3.64. The van der Waals surface area contributed by atoms with Crippen LogP contribution in [0.2, 0.25) is 0 Å². The SMILES string of the molecule is CCN(CC)c1ccc(NC(=O)c2cccc(Cn3nc(C)c(Br)c3C)c2)cc1. The molecular formula is C23H27BrN4O. The molecule has 0 saturated carbocycles. The van der Waals surface area contributed by atoms with E-state index in [1.807, 2.05) is 67.1 Å². The summed E-state index contributed by atoms with van der Waals surface area (Å²) in [5, 5.41) is 7.54. The Morgan fingerprint density at radius 1 is 1.10 bits per heavy atom. The van der Waals surface area contributed by atoms with Crippen molar-refractivity contribution in [3.05, 3.63) is 75.5 Å². The third-order valence-corrected chi connectivity index (χ3v) is 6.22. The molecule has 0 saturated heterocycles. The first-order valence-electron chi connectivity index (χ1n) is 9.87.